The lowest BCUT2D eigenvalue weighted by Crippen LogP contribution is -2.33. The van der Waals surface area contributed by atoms with Crippen LogP contribution in [0.5, 0.6) is 0 Å². The van der Waals surface area contributed by atoms with Crippen LogP contribution in [0.1, 0.15) is 94.3 Å². The van der Waals surface area contributed by atoms with Crippen LogP contribution < -0.4 is 0 Å². The van der Waals surface area contributed by atoms with Crippen molar-refractivity contribution in [3.05, 3.63) is 76.6 Å². The van der Waals surface area contributed by atoms with Gasteiger partial charge in [-0.1, -0.05) is 58.0 Å². The number of carbonyl (C=O) groups is 1. The van der Waals surface area contributed by atoms with Crippen LogP contribution in [0.4, 0.5) is 0 Å². The number of allylic oxidation sites excluding steroid dienone is 3. The zero-order valence-electron chi connectivity index (χ0n) is 19.3. The number of pyridine rings is 1. The van der Waals surface area contributed by atoms with Crippen molar-refractivity contribution in [3.63, 3.8) is 0 Å². The second-order valence-corrected chi connectivity index (χ2v) is 10.5. The number of nitrogens with zero attached hydrogens (tertiary/aromatic N) is 1. The van der Waals surface area contributed by atoms with Gasteiger partial charge in [-0.3, -0.25) is 4.98 Å². The van der Waals surface area contributed by atoms with Gasteiger partial charge >= 0.3 is 5.97 Å². The number of carboxylic acids is 1. The van der Waals surface area contributed by atoms with Crippen LogP contribution >= 0.6 is 0 Å². The van der Waals surface area contributed by atoms with Crippen molar-refractivity contribution in [1.29, 1.82) is 0 Å². The molecule has 1 atom stereocenters. The van der Waals surface area contributed by atoms with E-state index in [4.69, 9.17) is 10.1 Å². The van der Waals surface area contributed by atoms with Crippen LogP contribution in [-0.4, -0.2) is 16.1 Å². The van der Waals surface area contributed by atoms with Gasteiger partial charge in [-0.15, -0.1) is 0 Å². The third kappa shape index (κ3) is 4.23. The minimum Gasteiger partial charge on any atom is -0.478 e. The molecule has 162 valence electrons. The summed E-state index contributed by atoms with van der Waals surface area (Å²) < 4.78 is 0. The zero-order chi connectivity index (χ0) is 22.4. The Morgan fingerprint density at radius 1 is 1.06 bits per heavy atom. The first-order valence-corrected chi connectivity index (χ1v) is 11.3. The van der Waals surface area contributed by atoms with Gasteiger partial charge in [0.15, 0.2) is 0 Å². The van der Waals surface area contributed by atoms with E-state index in [-0.39, 0.29) is 16.7 Å². The van der Waals surface area contributed by atoms with E-state index in [9.17, 15) is 4.79 Å². The molecule has 0 saturated carbocycles. The maximum Gasteiger partial charge on any atom is 0.328 e. The smallest absolute Gasteiger partial charge is 0.328 e. The topological polar surface area (TPSA) is 50.2 Å². The average Bonchev–Trinajstić information content (AvgIpc) is 3.21. The Kier molecular flexibility index (Phi) is 5.41. The Balaban J connectivity index is 1.65. The highest BCUT2D eigenvalue weighted by Gasteiger charge is 2.37. The third-order valence-corrected chi connectivity index (χ3v) is 7.25. The Bertz CT molecular complexity index is 1090. The fourth-order valence-electron chi connectivity index (χ4n) is 5.12. The first kappa shape index (κ1) is 21.5. The van der Waals surface area contributed by atoms with Gasteiger partial charge in [0.2, 0.25) is 0 Å². The Morgan fingerprint density at radius 3 is 2.48 bits per heavy atom. The van der Waals surface area contributed by atoms with Gasteiger partial charge < -0.3 is 5.11 Å². The second kappa shape index (κ2) is 7.78. The number of hydrogen-bond acceptors (Lipinski definition) is 2. The van der Waals surface area contributed by atoms with Crippen LogP contribution in [0.2, 0.25) is 0 Å². The minimum atomic E-state index is -0.939. The molecule has 0 radical (unpaired) electrons. The van der Waals surface area contributed by atoms with Crippen molar-refractivity contribution in [2.45, 2.75) is 77.0 Å². The molecule has 0 fully saturated rings. The van der Waals surface area contributed by atoms with E-state index in [0.717, 1.165) is 24.2 Å². The first-order valence-electron chi connectivity index (χ1n) is 11.3. The quantitative estimate of drug-likeness (QED) is 0.554. The highest BCUT2D eigenvalue weighted by atomic mass is 16.4. The fraction of sp³-hybridized carbons (Fsp3) is 0.429. The molecule has 2 aliphatic rings. The molecular weight excluding hydrogens is 382 g/mol. The lowest BCUT2D eigenvalue weighted by molar-refractivity contribution is -0.131. The van der Waals surface area contributed by atoms with E-state index >= 15 is 0 Å². The van der Waals surface area contributed by atoms with Crippen molar-refractivity contribution >= 4 is 17.1 Å². The molecule has 1 aromatic carbocycles. The normalized spacial score (nSPS) is 22.0. The summed E-state index contributed by atoms with van der Waals surface area (Å²) in [6.07, 6.45) is 8.12. The standard InChI is InChI=1S/C28H33NO2/c1-18(15-26(30)31)24-7-6-8-25(29-24)21-10-9-19(16-21)20-11-12-22-23(17-20)28(4,5)14-13-27(22,2)3/h6-8,11-12,15-17,21H,9-10,13-14H2,1-5H3,(H,30,31). The van der Waals surface area contributed by atoms with Crippen LogP contribution in [0.25, 0.3) is 11.1 Å². The maximum atomic E-state index is 11.0. The molecule has 1 heterocycles. The number of carboxylic acid groups (broad SMARTS) is 1. The molecule has 0 amide bonds. The Labute approximate surface area is 185 Å². The highest BCUT2D eigenvalue weighted by Crippen LogP contribution is 2.47. The summed E-state index contributed by atoms with van der Waals surface area (Å²) in [5, 5.41) is 9.03. The molecule has 1 N–H and O–H groups in total. The molecule has 3 nitrogen and oxygen atoms in total. The predicted molar refractivity (Wildman–Crippen MR) is 127 cm³/mol. The van der Waals surface area contributed by atoms with Gasteiger partial charge in [-0.05, 0) is 83.4 Å². The molecule has 2 aliphatic carbocycles. The van der Waals surface area contributed by atoms with E-state index in [1.165, 1.54) is 41.2 Å². The largest absolute Gasteiger partial charge is 0.478 e. The van der Waals surface area contributed by atoms with Crippen molar-refractivity contribution < 1.29 is 9.90 Å². The molecule has 3 heteroatoms. The van der Waals surface area contributed by atoms with E-state index in [1.807, 2.05) is 12.1 Å². The molecule has 31 heavy (non-hydrogen) atoms. The molecule has 2 aromatic rings. The molecular formula is C28H33NO2. The summed E-state index contributed by atoms with van der Waals surface area (Å²) in [7, 11) is 0. The highest BCUT2D eigenvalue weighted by molar-refractivity contribution is 5.88. The van der Waals surface area contributed by atoms with Gasteiger partial charge in [0, 0.05) is 17.7 Å². The second-order valence-electron chi connectivity index (χ2n) is 10.5. The van der Waals surface area contributed by atoms with Crippen molar-refractivity contribution in [2.75, 3.05) is 0 Å². The van der Waals surface area contributed by atoms with Crippen molar-refractivity contribution in [3.8, 4) is 0 Å². The van der Waals surface area contributed by atoms with Gasteiger partial charge in [0.1, 0.15) is 0 Å². The van der Waals surface area contributed by atoms with E-state index in [2.05, 4.69) is 58.0 Å². The molecule has 4 rings (SSSR count). The van der Waals surface area contributed by atoms with E-state index in [1.54, 1.807) is 6.92 Å². The predicted octanol–water partition coefficient (Wildman–Crippen LogP) is 6.88. The molecule has 0 spiro atoms. The maximum absolute atomic E-state index is 11.0. The first-order chi connectivity index (χ1) is 14.6. The van der Waals surface area contributed by atoms with E-state index < -0.39 is 5.97 Å². The number of aliphatic carboxylic acids is 1. The third-order valence-electron chi connectivity index (χ3n) is 7.25. The van der Waals surface area contributed by atoms with Crippen LogP contribution in [0.15, 0.2) is 48.6 Å². The number of aromatic nitrogens is 1. The Hall–Kier alpha value is -2.68. The zero-order valence-corrected chi connectivity index (χ0v) is 19.3. The summed E-state index contributed by atoms with van der Waals surface area (Å²) in [5.41, 5.74) is 8.62. The molecule has 1 aromatic heterocycles. The van der Waals surface area contributed by atoms with Gasteiger partial charge in [0.05, 0.1) is 5.69 Å². The summed E-state index contributed by atoms with van der Waals surface area (Å²) in [5.74, 6) is -0.667. The molecule has 0 bridgehead atoms. The van der Waals surface area contributed by atoms with E-state index in [0.29, 0.717) is 5.57 Å². The van der Waals surface area contributed by atoms with Crippen LogP contribution in [0.3, 0.4) is 0 Å². The van der Waals surface area contributed by atoms with Crippen molar-refractivity contribution in [2.24, 2.45) is 0 Å². The van der Waals surface area contributed by atoms with Gasteiger partial charge in [-0.2, -0.15) is 0 Å². The van der Waals surface area contributed by atoms with Crippen molar-refractivity contribution in [1.82, 2.24) is 4.98 Å². The SMILES string of the molecule is CC(=CC(=O)O)c1cccc(C2C=C(c3ccc4c(c3)C(C)(C)CCC4(C)C)CC2)n1. The van der Waals surface area contributed by atoms with Crippen LogP contribution in [0, 0.1) is 0 Å². The monoisotopic (exact) mass is 415 g/mol. The number of fused-ring (bicyclic) bond motifs is 1. The van der Waals surface area contributed by atoms with Gasteiger partial charge in [0.25, 0.3) is 0 Å². The number of hydrogen-bond donors (Lipinski definition) is 1. The number of benzene rings is 1. The number of rotatable bonds is 4. The molecule has 0 aliphatic heterocycles. The average molecular weight is 416 g/mol. The summed E-state index contributed by atoms with van der Waals surface area (Å²) in [4.78, 5) is 15.8. The molecule has 0 saturated heterocycles. The fourth-order valence-corrected chi connectivity index (χ4v) is 5.12. The summed E-state index contributed by atoms with van der Waals surface area (Å²) >= 11 is 0. The lowest BCUT2D eigenvalue weighted by Gasteiger charge is -2.42. The minimum absolute atomic E-state index is 0.212. The lowest BCUT2D eigenvalue weighted by atomic mass is 9.63. The summed E-state index contributed by atoms with van der Waals surface area (Å²) in [6, 6.07) is 13.0. The molecule has 1 unspecified atom stereocenters. The Morgan fingerprint density at radius 2 is 1.77 bits per heavy atom. The van der Waals surface area contributed by atoms with Crippen LogP contribution in [-0.2, 0) is 15.6 Å². The van der Waals surface area contributed by atoms with Gasteiger partial charge in [-0.25, -0.2) is 4.79 Å². The summed E-state index contributed by atoms with van der Waals surface area (Å²) in [6.45, 7) is 11.3.